The van der Waals surface area contributed by atoms with E-state index in [0.717, 1.165) is 5.69 Å². The van der Waals surface area contributed by atoms with Crippen molar-refractivity contribution >= 4 is 15.7 Å². The average Bonchev–Trinajstić information content (AvgIpc) is 2.93. The second-order valence-electron chi connectivity index (χ2n) is 5.28. The molecule has 0 saturated heterocycles. The Labute approximate surface area is 124 Å². The van der Waals surface area contributed by atoms with E-state index in [2.05, 4.69) is 9.82 Å². The number of aromatic nitrogens is 3. The van der Waals surface area contributed by atoms with Crippen molar-refractivity contribution in [3.8, 4) is 0 Å². The third-order valence-corrected chi connectivity index (χ3v) is 4.57. The highest BCUT2D eigenvalue weighted by Gasteiger charge is 2.20. The predicted octanol–water partition coefficient (Wildman–Crippen LogP) is 1.37. The standard InChI is InChI=1S/C13H21N5O2S/c1-9(2)18-7-12(5-11(18)6-14)21(19,20)16-13-8-17(4)15-10(13)3/h5,7-9,16H,6,14H2,1-4H3. The third kappa shape index (κ3) is 3.11. The molecular weight excluding hydrogens is 290 g/mol. The van der Waals surface area contributed by atoms with Crippen LogP contribution in [0.1, 0.15) is 31.3 Å². The first-order valence-electron chi connectivity index (χ1n) is 6.68. The molecule has 3 N–H and O–H groups in total. The molecule has 0 atom stereocenters. The third-order valence-electron chi connectivity index (χ3n) is 3.24. The highest BCUT2D eigenvalue weighted by Crippen LogP contribution is 2.22. The molecule has 0 fully saturated rings. The zero-order valence-electron chi connectivity index (χ0n) is 12.7. The molecule has 116 valence electrons. The predicted molar refractivity (Wildman–Crippen MR) is 81.5 cm³/mol. The minimum atomic E-state index is -3.65. The van der Waals surface area contributed by atoms with Crippen LogP contribution in [0, 0.1) is 6.92 Å². The van der Waals surface area contributed by atoms with E-state index in [1.807, 2.05) is 18.4 Å². The Hall–Kier alpha value is -1.80. The molecule has 2 heterocycles. The van der Waals surface area contributed by atoms with Gasteiger partial charge in [-0.05, 0) is 26.8 Å². The lowest BCUT2D eigenvalue weighted by Crippen LogP contribution is -2.12. The van der Waals surface area contributed by atoms with Gasteiger partial charge in [-0.15, -0.1) is 0 Å². The summed E-state index contributed by atoms with van der Waals surface area (Å²) in [6, 6.07) is 1.75. The molecule has 0 aliphatic carbocycles. The van der Waals surface area contributed by atoms with Crippen molar-refractivity contribution in [1.82, 2.24) is 14.3 Å². The zero-order chi connectivity index (χ0) is 15.8. The second-order valence-corrected chi connectivity index (χ2v) is 6.96. The van der Waals surface area contributed by atoms with Gasteiger partial charge in [-0.2, -0.15) is 5.10 Å². The van der Waals surface area contributed by atoms with Gasteiger partial charge in [-0.1, -0.05) is 0 Å². The summed E-state index contributed by atoms with van der Waals surface area (Å²) in [7, 11) is -1.90. The van der Waals surface area contributed by atoms with Crippen LogP contribution in [0.5, 0.6) is 0 Å². The fraction of sp³-hybridized carbons (Fsp3) is 0.462. The van der Waals surface area contributed by atoms with Crippen LogP contribution >= 0.6 is 0 Å². The van der Waals surface area contributed by atoms with Crippen LogP contribution < -0.4 is 10.5 Å². The molecule has 0 amide bonds. The summed E-state index contributed by atoms with van der Waals surface area (Å²) in [4.78, 5) is 0.208. The van der Waals surface area contributed by atoms with Gasteiger partial charge in [0.25, 0.3) is 10.0 Å². The van der Waals surface area contributed by atoms with Crippen molar-refractivity contribution in [1.29, 1.82) is 0 Å². The van der Waals surface area contributed by atoms with E-state index in [1.54, 1.807) is 37.1 Å². The van der Waals surface area contributed by atoms with E-state index in [9.17, 15) is 8.42 Å². The van der Waals surface area contributed by atoms with E-state index in [0.29, 0.717) is 17.9 Å². The Kier molecular flexibility index (Phi) is 4.11. The number of nitrogens with zero attached hydrogens (tertiary/aromatic N) is 3. The van der Waals surface area contributed by atoms with Gasteiger partial charge in [0.1, 0.15) is 4.90 Å². The molecule has 0 spiro atoms. The molecule has 2 aromatic rings. The highest BCUT2D eigenvalue weighted by atomic mass is 32.2. The lowest BCUT2D eigenvalue weighted by Gasteiger charge is -2.10. The summed E-state index contributed by atoms with van der Waals surface area (Å²) in [5.41, 5.74) is 7.57. The fourth-order valence-corrected chi connectivity index (χ4v) is 3.34. The molecular formula is C13H21N5O2S. The number of hydrogen-bond donors (Lipinski definition) is 2. The van der Waals surface area contributed by atoms with E-state index in [4.69, 9.17) is 5.73 Å². The Balaban J connectivity index is 2.38. The minimum Gasteiger partial charge on any atom is -0.346 e. The maximum absolute atomic E-state index is 12.5. The van der Waals surface area contributed by atoms with Crippen LogP contribution in [0.2, 0.25) is 0 Å². The van der Waals surface area contributed by atoms with Crippen molar-refractivity contribution in [2.75, 3.05) is 4.72 Å². The summed E-state index contributed by atoms with van der Waals surface area (Å²) >= 11 is 0. The van der Waals surface area contributed by atoms with Gasteiger partial charge in [0.05, 0.1) is 11.4 Å². The normalized spacial score (nSPS) is 12.1. The van der Waals surface area contributed by atoms with Crippen LogP contribution in [-0.4, -0.2) is 22.8 Å². The van der Waals surface area contributed by atoms with Crippen LogP contribution in [0.4, 0.5) is 5.69 Å². The van der Waals surface area contributed by atoms with Crippen molar-refractivity contribution < 1.29 is 8.42 Å². The minimum absolute atomic E-state index is 0.146. The van der Waals surface area contributed by atoms with Crippen molar-refractivity contribution in [2.24, 2.45) is 12.8 Å². The largest absolute Gasteiger partial charge is 0.346 e. The van der Waals surface area contributed by atoms with E-state index in [-0.39, 0.29) is 10.9 Å². The van der Waals surface area contributed by atoms with Crippen LogP contribution in [0.3, 0.4) is 0 Å². The van der Waals surface area contributed by atoms with Gasteiger partial charge >= 0.3 is 0 Å². The smallest absolute Gasteiger partial charge is 0.263 e. The number of nitrogens with two attached hydrogens (primary N) is 1. The van der Waals surface area contributed by atoms with Gasteiger partial charge in [0.15, 0.2) is 0 Å². The van der Waals surface area contributed by atoms with Crippen LogP contribution in [0.25, 0.3) is 0 Å². The maximum Gasteiger partial charge on any atom is 0.263 e. The number of rotatable bonds is 5. The van der Waals surface area contributed by atoms with E-state index < -0.39 is 10.0 Å². The van der Waals surface area contributed by atoms with Crippen LogP contribution in [-0.2, 0) is 23.6 Å². The highest BCUT2D eigenvalue weighted by molar-refractivity contribution is 7.92. The fourth-order valence-electron chi connectivity index (χ4n) is 2.19. The molecule has 7 nitrogen and oxygen atoms in total. The van der Waals surface area contributed by atoms with Crippen molar-refractivity contribution in [3.05, 3.63) is 29.8 Å². The molecule has 0 radical (unpaired) electrons. The Morgan fingerprint density at radius 1 is 1.38 bits per heavy atom. The van der Waals surface area contributed by atoms with Gasteiger partial charge in [-0.25, -0.2) is 8.42 Å². The van der Waals surface area contributed by atoms with Gasteiger partial charge in [-0.3, -0.25) is 9.40 Å². The van der Waals surface area contributed by atoms with Gasteiger partial charge < -0.3 is 10.3 Å². The lowest BCUT2D eigenvalue weighted by atomic mass is 10.3. The van der Waals surface area contributed by atoms with Crippen molar-refractivity contribution in [3.63, 3.8) is 0 Å². The quantitative estimate of drug-likeness (QED) is 0.872. The first-order chi connectivity index (χ1) is 9.74. The average molecular weight is 311 g/mol. The molecule has 0 aliphatic heterocycles. The number of sulfonamides is 1. The molecule has 0 unspecified atom stereocenters. The summed E-state index contributed by atoms with van der Waals surface area (Å²) in [6.45, 7) is 6.00. The van der Waals surface area contributed by atoms with E-state index >= 15 is 0 Å². The zero-order valence-corrected chi connectivity index (χ0v) is 13.5. The second kappa shape index (κ2) is 5.53. The Morgan fingerprint density at radius 3 is 2.48 bits per heavy atom. The summed E-state index contributed by atoms with van der Waals surface area (Å²) < 4.78 is 30.9. The number of hydrogen-bond acceptors (Lipinski definition) is 4. The lowest BCUT2D eigenvalue weighted by molar-refractivity contribution is 0.573. The Bertz CT molecular complexity index is 743. The number of anilines is 1. The van der Waals surface area contributed by atoms with Gasteiger partial charge in [0, 0.05) is 37.7 Å². The van der Waals surface area contributed by atoms with Crippen LogP contribution in [0.15, 0.2) is 23.4 Å². The Morgan fingerprint density at radius 2 is 2.05 bits per heavy atom. The topological polar surface area (TPSA) is 94.9 Å². The number of aryl methyl sites for hydroxylation is 2. The first kappa shape index (κ1) is 15.6. The maximum atomic E-state index is 12.5. The monoisotopic (exact) mass is 311 g/mol. The summed E-state index contributed by atoms with van der Waals surface area (Å²) in [5.74, 6) is 0. The molecule has 2 aromatic heterocycles. The molecule has 0 bridgehead atoms. The molecule has 0 saturated carbocycles. The van der Waals surface area contributed by atoms with E-state index in [1.165, 1.54) is 0 Å². The van der Waals surface area contributed by atoms with Gasteiger partial charge in [0.2, 0.25) is 0 Å². The summed E-state index contributed by atoms with van der Waals surface area (Å²) in [6.07, 6.45) is 3.25. The molecule has 8 heteroatoms. The molecule has 0 aromatic carbocycles. The SMILES string of the molecule is Cc1nn(C)cc1NS(=O)(=O)c1cc(CN)n(C(C)C)c1. The number of nitrogens with one attached hydrogen (secondary N) is 1. The molecule has 21 heavy (non-hydrogen) atoms. The first-order valence-corrected chi connectivity index (χ1v) is 8.16. The van der Waals surface area contributed by atoms with Crippen molar-refractivity contribution in [2.45, 2.75) is 38.3 Å². The molecule has 2 rings (SSSR count). The molecule has 0 aliphatic rings. The summed E-state index contributed by atoms with van der Waals surface area (Å²) in [5, 5.41) is 4.12.